The molecular formula is C28H58. The van der Waals surface area contributed by atoms with Crippen LogP contribution in [0.2, 0.25) is 0 Å². The van der Waals surface area contributed by atoms with E-state index in [1.54, 1.807) is 0 Å². The average molecular weight is 395 g/mol. The molecule has 170 valence electrons. The van der Waals surface area contributed by atoms with E-state index < -0.39 is 0 Å². The normalized spacial score (nSPS) is 17.5. The van der Waals surface area contributed by atoms with Crippen LogP contribution in [0.5, 0.6) is 0 Å². The predicted molar refractivity (Wildman–Crippen MR) is 131 cm³/mol. The largest absolute Gasteiger partial charge is 0.0651 e. The monoisotopic (exact) mass is 394 g/mol. The summed E-state index contributed by atoms with van der Waals surface area (Å²) < 4.78 is 0. The van der Waals surface area contributed by atoms with E-state index in [0.29, 0.717) is 0 Å². The van der Waals surface area contributed by atoms with Crippen molar-refractivity contribution in [3.8, 4) is 0 Å². The first-order valence-electron chi connectivity index (χ1n) is 13.5. The van der Waals surface area contributed by atoms with Gasteiger partial charge < -0.3 is 0 Å². The molecule has 0 aliphatic rings. The van der Waals surface area contributed by atoms with Gasteiger partial charge in [-0.15, -0.1) is 0 Å². The van der Waals surface area contributed by atoms with Crippen molar-refractivity contribution in [2.75, 3.05) is 0 Å². The smallest absolute Gasteiger partial charge is 0.0412 e. The fraction of sp³-hybridized carbons (Fsp3) is 1.00. The van der Waals surface area contributed by atoms with E-state index >= 15 is 0 Å². The highest BCUT2D eigenvalue weighted by atomic mass is 14.2. The molecule has 0 aromatic heterocycles. The molecule has 0 saturated heterocycles. The topological polar surface area (TPSA) is 0 Å². The highest BCUT2D eigenvalue weighted by Gasteiger charge is 2.19. The Bertz CT molecular complexity index is 316. The lowest BCUT2D eigenvalue weighted by Gasteiger charge is -2.27. The highest BCUT2D eigenvalue weighted by Crippen LogP contribution is 2.32. The van der Waals surface area contributed by atoms with Crippen LogP contribution in [0.3, 0.4) is 0 Å². The maximum Gasteiger partial charge on any atom is -0.0412 e. The lowest BCUT2D eigenvalue weighted by molar-refractivity contribution is 0.254. The summed E-state index contributed by atoms with van der Waals surface area (Å²) in [6.07, 6.45) is 20.0. The Kier molecular flexibility index (Phi) is 17.8. The van der Waals surface area contributed by atoms with Gasteiger partial charge >= 0.3 is 0 Å². The molecule has 0 saturated carbocycles. The molecule has 28 heavy (non-hydrogen) atoms. The first-order chi connectivity index (χ1) is 13.5. The average Bonchev–Trinajstić information content (AvgIpc) is 2.73. The molecule has 0 radical (unpaired) electrons. The lowest BCUT2D eigenvalue weighted by atomic mass is 9.79. The number of hydrogen-bond acceptors (Lipinski definition) is 0. The van der Waals surface area contributed by atoms with E-state index in [-0.39, 0.29) is 0 Å². The van der Waals surface area contributed by atoms with Crippen molar-refractivity contribution in [1.29, 1.82) is 0 Å². The van der Waals surface area contributed by atoms with Gasteiger partial charge in [0.1, 0.15) is 0 Å². The summed E-state index contributed by atoms with van der Waals surface area (Å²) in [6.45, 7) is 19.3. The van der Waals surface area contributed by atoms with Gasteiger partial charge in [0.15, 0.2) is 0 Å². The van der Waals surface area contributed by atoms with Gasteiger partial charge in [0.05, 0.1) is 0 Å². The second kappa shape index (κ2) is 17.8. The minimum Gasteiger partial charge on any atom is -0.0651 e. The first-order valence-corrected chi connectivity index (χ1v) is 13.5. The van der Waals surface area contributed by atoms with Crippen LogP contribution in [-0.4, -0.2) is 0 Å². The van der Waals surface area contributed by atoms with Crippen molar-refractivity contribution < 1.29 is 0 Å². The van der Waals surface area contributed by atoms with Crippen LogP contribution in [0.1, 0.15) is 145 Å². The molecule has 0 aliphatic heterocycles. The third kappa shape index (κ3) is 12.5. The summed E-state index contributed by atoms with van der Waals surface area (Å²) in [6, 6.07) is 0. The van der Waals surface area contributed by atoms with E-state index in [1.165, 1.54) is 89.9 Å². The van der Waals surface area contributed by atoms with Crippen LogP contribution in [0.4, 0.5) is 0 Å². The molecular weight excluding hydrogens is 336 g/mol. The summed E-state index contributed by atoms with van der Waals surface area (Å²) in [5, 5.41) is 0. The molecule has 0 fully saturated rings. The first kappa shape index (κ1) is 28.0. The molecule has 0 heterocycles. The second-order valence-corrected chi connectivity index (χ2v) is 10.2. The summed E-state index contributed by atoms with van der Waals surface area (Å²) in [5.41, 5.74) is 0. The molecule has 5 atom stereocenters. The quantitative estimate of drug-likeness (QED) is 0.204. The molecule has 0 aliphatic carbocycles. The van der Waals surface area contributed by atoms with Crippen molar-refractivity contribution in [1.82, 2.24) is 0 Å². The summed E-state index contributed by atoms with van der Waals surface area (Å²) in [4.78, 5) is 0. The van der Waals surface area contributed by atoms with Gasteiger partial charge in [-0.3, -0.25) is 0 Å². The van der Waals surface area contributed by atoms with Crippen LogP contribution in [0, 0.1) is 35.5 Å². The van der Waals surface area contributed by atoms with Gasteiger partial charge in [-0.25, -0.2) is 0 Å². The molecule has 0 spiro atoms. The third-order valence-electron chi connectivity index (χ3n) is 8.12. The van der Waals surface area contributed by atoms with E-state index in [1.807, 2.05) is 0 Å². The van der Waals surface area contributed by atoms with Crippen LogP contribution in [0.25, 0.3) is 0 Å². The van der Waals surface area contributed by atoms with E-state index in [4.69, 9.17) is 0 Å². The van der Waals surface area contributed by atoms with Gasteiger partial charge in [-0.1, -0.05) is 120 Å². The lowest BCUT2D eigenvalue weighted by Crippen LogP contribution is -2.14. The maximum atomic E-state index is 2.45. The third-order valence-corrected chi connectivity index (χ3v) is 8.12. The van der Waals surface area contributed by atoms with Crippen LogP contribution >= 0.6 is 0 Å². The van der Waals surface area contributed by atoms with Gasteiger partial charge in [0, 0.05) is 0 Å². The van der Waals surface area contributed by atoms with Gasteiger partial charge in [0.25, 0.3) is 0 Å². The summed E-state index contributed by atoms with van der Waals surface area (Å²) >= 11 is 0. The van der Waals surface area contributed by atoms with Gasteiger partial charge in [0.2, 0.25) is 0 Å². The zero-order valence-electron chi connectivity index (χ0n) is 21.4. The molecule has 0 aromatic carbocycles. The van der Waals surface area contributed by atoms with Crippen molar-refractivity contribution in [2.24, 2.45) is 35.5 Å². The predicted octanol–water partition coefficient (Wildman–Crippen LogP) is 10.3. The maximum absolute atomic E-state index is 2.45. The van der Waals surface area contributed by atoms with E-state index in [2.05, 4.69) is 55.4 Å². The standard InChI is InChI=1S/C28H58/c1-9-23(8)19-27(14-6)21-25(12-4)17-16-18-26(13-5)22-28(15-7)20-24(10-2)11-3/h23-28H,9-22H2,1-8H3. The Balaban J connectivity index is 4.40. The minimum absolute atomic E-state index is 0.910. The van der Waals surface area contributed by atoms with E-state index in [0.717, 1.165) is 35.5 Å². The zero-order chi connectivity index (χ0) is 21.4. The Morgan fingerprint density at radius 2 is 0.750 bits per heavy atom. The molecule has 0 aromatic rings. The highest BCUT2D eigenvalue weighted by molar-refractivity contribution is 4.71. The second-order valence-electron chi connectivity index (χ2n) is 10.2. The van der Waals surface area contributed by atoms with Crippen LogP contribution in [-0.2, 0) is 0 Å². The fourth-order valence-electron chi connectivity index (χ4n) is 5.30. The van der Waals surface area contributed by atoms with E-state index in [9.17, 15) is 0 Å². The molecule has 0 heteroatoms. The number of rotatable bonds is 19. The van der Waals surface area contributed by atoms with Crippen molar-refractivity contribution >= 4 is 0 Å². The van der Waals surface area contributed by atoms with Crippen LogP contribution in [0.15, 0.2) is 0 Å². The summed E-state index contributed by atoms with van der Waals surface area (Å²) in [7, 11) is 0. The van der Waals surface area contributed by atoms with Crippen LogP contribution < -0.4 is 0 Å². The summed E-state index contributed by atoms with van der Waals surface area (Å²) in [5.74, 6) is 5.75. The SMILES string of the molecule is CCC(C)CC(CC)CC(CC)CCCC(CC)CC(CC)CC(CC)CC. The molecule has 5 unspecified atom stereocenters. The molecule has 0 N–H and O–H groups in total. The Hall–Kier alpha value is 0. The Morgan fingerprint density at radius 1 is 0.393 bits per heavy atom. The van der Waals surface area contributed by atoms with Gasteiger partial charge in [-0.2, -0.15) is 0 Å². The Morgan fingerprint density at radius 3 is 1.11 bits per heavy atom. The van der Waals surface area contributed by atoms with Crippen molar-refractivity contribution in [3.63, 3.8) is 0 Å². The van der Waals surface area contributed by atoms with Crippen molar-refractivity contribution in [3.05, 3.63) is 0 Å². The minimum atomic E-state index is 0.910. The van der Waals surface area contributed by atoms with Gasteiger partial charge in [-0.05, 0) is 61.2 Å². The fourth-order valence-corrected chi connectivity index (χ4v) is 5.30. The molecule has 0 nitrogen and oxygen atoms in total. The molecule has 0 rings (SSSR count). The molecule has 0 amide bonds. The molecule has 0 bridgehead atoms. The van der Waals surface area contributed by atoms with Crippen molar-refractivity contribution in [2.45, 2.75) is 145 Å². The Labute approximate surface area is 181 Å². The number of hydrogen-bond donors (Lipinski definition) is 0. The zero-order valence-corrected chi connectivity index (χ0v) is 21.4.